The van der Waals surface area contributed by atoms with E-state index in [0.717, 1.165) is 6.07 Å². The first kappa shape index (κ1) is 19.3. The number of hydrogen-bond acceptors (Lipinski definition) is 3. The SMILES string of the molecule is CN(CC(=O)N1CCC(C(=O)O)CC1)C(=O)[C@@H]1C[C@@H]1c1cccc(F)c1F. The fourth-order valence-electron chi connectivity index (χ4n) is 3.66. The molecule has 27 heavy (non-hydrogen) atoms. The van der Waals surface area contributed by atoms with Crippen molar-refractivity contribution < 1.29 is 28.3 Å². The van der Waals surface area contributed by atoms with Gasteiger partial charge in [-0.2, -0.15) is 0 Å². The molecule has 2 fully saturated rings. The van der Waals surface area contributed by atoms with Crippen molar-refractivity contribution in [3.05, 3.63) is 35.4 Å². The second-order valence-electron chi connectivity index (χ2n) is 7.28. The number of nitrogens with zero attached hydrogens (tertiary/aromatic N) is 2. The second kappa shape index (κ2) is 7.62. The van der Waals surface area contributed by atoms with E-state index in [1.165, 1.54) is 24.1 Å². The summed E-state index contributed by atoms with van der Waals surface area (Å²) in [4.78, 5) is 38.7. The maximum Gasteiger partial charge on any atom is 0.306 e. The molecule has 0 aromatic heterocycles. The number of piperidine rings is 1. The maximum atomic E-state index is 13.9. The van der Waals surface area contributed by atoms with Crippen molar-refractivity contribution in [2.75, 3.05) is 26.7 Å². The standard InChI is InChI=1S/C19H22F2N2O4/c1-22(10-16(24)23-7-5-11(6-8-23)19(26)27)18(25)14-9-13(14)12-3-2-4-15(20)17(12)21/h2-4,11,13-14H,5-10H2,1H3,(H,26,27)/t13-,14-/m1/s1. The summed E-state index contributed by atoms with van der Waals surface area (Å²) < 4.78 is 27.2. The van der Waals surface area contributed by atoms with Crippen molar-refractivity contribution in [3.8, 4) is 0 Å². The predicted octanol–water partition coefficient (Wildman–Crippen LogP) is 1.85. The van der Waals surface area contributed by atoms with Crippen molar-refractivity contribution in [2.45, 2.75) is 25.2 Å². The van der Waals surface area contributed by atoms with Gasteiger partial charge in [0, 0.05) is 26.1 Å². The number of rotatable bonds is 5. The largest absolute Gasteiger partial charge is 0.481 e. The van der Waals surface area contributed by atoms with E-state index in [-0.39, 0.29) is 29.8 Å². The van der Waals surface area contributed by atoms with Gasteiger partial charge in [-0.15, -0.1) is 0 Å². The molecule has 0 bridgehead atoms. The molecule has 0 spiro atoms. The molecular weight excluding hydrogens is 358 g/mol. The molecule has 1 aliphatic carbocycles. The van der Waals surface area contributed by atoms with Gasteiger partial charge < -0.3 is 14.9 Å². The highest BCUT2D eigenvalue weighted by atomic mass is 19.2. The summed E-state index contributed by atoms with van der Waals surface area (Å²) >= 11 is 0. The van der Waals surface area contributed by atoms with E-state index in [4.69, 9.17) is 5.11 Å². The zero-order valence-corrected chi connectivity index (χ0v) is 15.0. The molecule has 2 aliphatic rings. The monoisotopic (exact) mass is 380 g/mol. The minimum Gasteiger partial charge on any atom is -0.481 e. The zero-order valence-electron chi connectivity index (χ0n) is 15.0. The zero-order chi connectivity index (χ0) is 19.7. The Labute approximate surface area is 155 Å². The lowest BCUT2D eigenvalue weighted by atomic mass is 9.97. The first-order valence-electron chi connectivity index (χ1n) is 8.99. The maximum absolute atomic E-state index is 13.9. The van der Waals surface area contributed by atoms with Gasteiger partial charge in [-0.1, -0.05) is 12.1 Å². The number of halogens is 2. The quantitative estimate of drug-likeness (QED) is 0.846. The van der Waals surface area contributed by atoms with E-state index in [0.29, 0.717) is 32.4 Å². The first-order valence-corrected chi connectivity index (χ1v) is 8.99. The Bertz CT molecular complexity index is 762. The molecule has 146 valence electrons. The molecule has 1 aliphatic heterocycles. The van der Waals surface area contributed by atoms with Crippen molar-refractivity contribution in [1.82, 2.24) is 9.80 Å². The number of aliphatic carboxylic acids is 1. The van der Waals surface area contributed by atoms with Gasteiger partial charge in [-0.3, -0.25) is 14.4 Å². The van der Waals surface area contributed by atoms with Crippen molar-refractivity contribution in [2.24, 2.45) is 11.8 Å². The van der Waals surface area contributed by atoms with E-state index in [9.17, 15) is 23.2 Å². The fraction of sp³-hybridized carbons (Fsp3) is 0.526. The highest BCUT2D eigenvalue weighted by Gasteiger charge is 2.47. The van der Waals surface area contributed by atoms with E-state index in [1.54, 1.807) is 4.90 Å². The molecule has 2 atom stereocenters. The van der Waals surface area contributed by atoms with E-state index in [2.05, 4.69) is 0 Å². The number of hydrogen-bond donors (Lipinski definition) is 1. The van der Waals surface area contributed by atoms with Crippen LogP contribution >= 0.6 is 0 Å². The fourth-order valence-corrected chi connectivity index (χ4v) is 3.66. The van der Waals surface area contributed by atoms with Gasteiger partial charge in [0.25, 0.3) is 0 Å². The molecule has 1 heterocycles. The molecule has 2 amide bonds. The van der Waals surface area contributed by atoms with E-state index < -0.39 is 29.4 Å². The summed E-state index contributed by atoms with van der Waals surface area (Å²) in [5.74, 6) is -4.44. The van der Waals surface area contributed by atoms with Crippen LogP contribution in [-0.4, -0.2) is 59.4 Å². The molecule has 1 aromatic carbocycles. The number of likely N-dealkylation sites (N-methyl/N-ethyl adjacent to an activating group) is 1. The number of carboxylic acids is 1. The molecule has 8 heteroatoms. The summed E-state index contributed by atoms with van der Waals surface area (Å²) in [6.07, 6.45) is 1.24. The Morgan fingerprint density at radius 1 is 1.22 bits per heavy atom. The smallest absolute Gasteiger partial charge is 0.306 e. The minimum atomic E-state index is -0.932. The lowest BCUT2D eigenvalue weighted by Crippen LogP contribution is -2.45. The molecule has 0 unspecified atom stereocenters. The van der Waals surface area contributed by atoms with E-state index in [1.807, 2.05) is 0 Å². The van der Waals surface area contributed by atoms with Crippen LogP contribution < -0.4 is 0 Å². The summed E-state index contributed by atoms with van der Waals surface area (Å²) in [7, 11) is 1.52. The lowest BCUT2D eigenvalue weighted by Gasteiger charge is -2.31. The van der Waals surface area contributed by atoms with Crippen molar-refractivity contribution in [1.29, 1.82) is 0 Å². The predicted molar refractivity (Wildman–Crippen MR) is 91.8 cm³/mol. The molecule has 6 nitrogen and oxygen atoms in total. The van der Waals surface area contributed by atoms with E-state index >= 15 is 0 Å². The van der Waals surface area contributed by atoms with Crippen LogP contribution in [0.15, 0.2) is 18.2 Å². The van der Waals surface area contributed by atoms with Gasteiger partial charge in [-0.25, -0.2) is 8.78 Å². The number of carboxylic acid groups (broad SMARTS) is 1. The molecule has 1 saturated carbocycles. The third-order valence-electron chi connectivity index (χ3n) is 5.43. The van der Waals surface area contributed by atoms with Crippen LogP contribution in [0.4, 0.5) is 8.78 Å². The highest BCUT2D eigenvalue weighted by Crippen LogP contribution is 2.49. The number of carbonyl (C=O) groups excluding carboxylic acids is 2. The van der Waals surface area contributed by atoms with Crippen LogP contribution in [0.5, 0.6) is 0 Å². The molecule has 3 rings (SSSR count). The lowest BCUT2D eigenvalue weighted by molar-refractivity contribution is -0.146. The Kier molecular flexibility index (Phi) is 5.43. The Morgan fingerprint density at radius 3 is 2.52 bits per heavy atom. The van der Waals surface area contributed by atoms with Crippen molar-refractivity contribution in [3.63, 3.8) is 0 Å². The van der Waals surface area contributed by atoms with Crippen LogP contribution in [0.1, 0.15) is 30.7 Å². The number of carbonyl (C=O) groups is 3. The Morgan fingerprint density at radius 2 is 1.89 bits per heavy atom. The summed E-state index contributed by atoms with van der Waals surface area (Å²) in [6.45, 7) is 0.613. The number of benzene rings is 1. The Balaban J connectivity index is 1.52. The van der Waals surface area contributed by atoms with Gasteiger partial charge in [0.2, 0.25) is 11.8 Å². The topological polar surface area (TPSA) is 77.9 Å². The normalized spacial score (nSPS) is 22.4. The average molecular weight is 380 g/mol. The van der Waals surface area contributed by atoms with Crippen LogP contribution in [0.3, 0.4) is 0 Å². The molecular formula is C19H22F2N2O4. The Hall–Kier alpha value is -2.51. The first-order chi connectivity index (χ1) is 12.8. The van der Waals surface area contributed by atoms with Gasteiger partial charge in [0.1, 0.15) is 0 Å². The van der Waals surface area contributed by atoms with Gasteiger partial charge in [-0.05, 0) is 36.8 Å². The molecule has 0 radical (unpaired) electrons. The van der Waals surface area contributed by atoms with Crippen LogP contribution in [-0.2, 0) is 14.4 Å². The van der Waals surface area contributed by atoms with Crippen LogP contribution in [0.2, 0.25) is 0 Å². The van der Waals surface area contributed by atoms with Gasteiger partial charge in [0.05, 0.1) is 12.5 Å². The second-order valence-corrected chi connectivity index (χ2v) is 7.28. The van der Waals surface area contributed by atoms with Crippen LogP contribution in [0, 0.1) is 23.5 Å². The summed E-state index contributed by atoms with van der Waals surface area (Å²) in [5.41, 5.74) is 0.198. The van der Waals surface area contributed by atoms with Gasteiger partial charge >= 0.3 is 5.97 Å². The third kappa shape index (κ3) is 4.09. The molecule has 1 aromatic rings. The molecule has 1 N–H and O–H groups in total. The highest BCUT2D eigenvalue weighted by molar-refractivity contribution is 5.88. The average Bonchev–Trinajstić information content (AvgIpc) is 3.43. The third-order valence-corrected chi connectivity index (χ3v) is 5.43. The number of amides is 2. The van der Waals surface area contributed by atoms with Crippen molar-refractivity contribution >= 4 is 17.8 Å². The minimum absolute atomic E-state index is 0.106. The van der Waals surface area contributed by atoms with Gasteiger partial charge in [0.15, 0.2) is 11.6 Å². The van der Waals surface area contributed by atoms with Crippen LogP contribution in [0.25, 0.3) is 0 Å². The molecule has 1 saturated heterocycles. The number of likely N-dealkylation sites (tertiary alicyclic amines) is 1. The summed E-state index contributed by atoms with van der Waals surface area (Å²) in [5, 5.41) is 9.00. The summed E-state index contributed by atoms with van der Waals surface area (Å²) in [6, 6.07) is 3.94.